The van der Waals surface area contributed by atoms with Crippen molar-refractivity contribution in [2.45, 2.75) is 44.6 Å². The smallest absolute Gasteiger partial charge is 0.410 e. The molecule has 0 spiro atoms. The summed E-state index contributed by atoms with van der Waals surface area (Å²) in [6.07, 6.45) is 5.73. The Kier molecular flexibility index (Phi) is 6.25. The van der Waals surface area contributed by atoms with Gasteiger partial charge in [0.05, 0.1) is 0 Å². The molecule has 1 N–H and O–H groups in total. The molecule has 1 unspecified atom stereocenters. The summed E-state index contributed by atoms with van der Waals surface area (Å²) in [5.74, 6) is -0.786. The predicted octanol–water partition coefficient (Wildman–Crippen LogP) is 2.42. The van der Waals surface area contributed by atoms with Gasteiger partial charge in [-0.25, -0.2) is 4.79 Å². The Labute approximate surface area is 107 Å². The van der Waals surface area contributed by atoms with Gasteiger partial charge in [0.2, 0.25) is 0 Å². The predicted molar refractivity (Wildman–Crippen MR) is 67.4 cm³/mol. The molecule has 0 bridgehead atoms. The highest BCUT2D eigenvalue weighted by atomic mass is 16.6. The number of piperidine rings is 1. The standard InChI is InChI=1S/C13H21NO4/c1-2-10-18-13(17)14-9-4-3-6-11(14)7-5-8-12(15)16/h2,11H,1,3-10H2,(H,15,16). The third-order valence-corrected chi connectivity index (χ3v) is 3.11. The van der Waals surface area contributed by atoms with Crippen LogP contribution in [0.5, 0.6) is 0 Å². The molecule has 5 nitrogen and oxygen atoms in total. The van der Waals surface area contributed by atoms with Crippen molar-refractivity contribution in [1.29, 1.82) is 0 Å². The Morgan fingerprint density at radius 1 is 1.44 bits per heavy atom. The summed E-state index contributed by atoms with van der Waals surface area (Å²) in [5, 5.41) is 8.62. The van der Waals surface area contributed by atoms with Gasteiger partial charge in [0.1, 0.15) is 6.61 Å². The van der Waals surface area contributed by atoms with E-state index < -0.39 is 5.97 Å². The number of carboxylic acid groups (broad SMARTS) is 1. The number of hydrogen-bond acceptors (Lipinski definition) is 3. The van der Waals surface area contributed by atoms with E-state index in [1.807, 2.05) is 0 Å². The number of hydrogen-bond donors (Lipinski definition) is 1. The van der Waals surface area contributed by atoms with Crippen LogP contribution < -0.4 is 0 Å². The van der Waals surface area contributed by atoms with E-state index in [2.05, 4.69) is 6.58 Å². The van der Waals surface area contributed by atoms with Gasteiger partial charge < -0.3 is 14.7 Å². The Bertz CT molecular complexity index is 303. The minimum Gasteiger partial charge on any atom is -0.481 e. The first-order valence-corrected chi connectivity index (χ1v) is 6.41. The van der Waals surface area contributed by atoms with Crippen LogP contribution in [0.3, 0.4) is 0 Å². The van der Waals surface area contributed by atoms with Gasteiger partial charge in [-0.3, -0.25) is 4.79 Å². The summed E-state index contributed by atoms with van der Waals surface area (Å²) in [4.78, 5) is 24.0. The van der Waals surface area contributed by atoms with Gasteiger partial charge in [-0.05, 0) is 32.1 Å². The lowest BCUT2D eigenvalue weighted by Crippen LogP contribution is -2.44. The Morgan fingerprint density at radius 3 is 2.89 bits per heavy atom. The summed E-state index contributed by atoms with van der Waals surface area (Å²) < 4.78 is 5.04. The molecule has 0 aromatic carbocycles. The van der Waals surface area contributed by atoms with E-state index in [0.29, 0.717) is 13.0 Å². The topological polar surface area (TPSA) is 66.8 Å². The Hall–Kier alpha value is -1.52. The summed E-state index contributed by atoms with van der Waals surface area (Å²) >= 11 is 0. The molecular weight excluding hydrogens is 234 g/mol. The van der Waals surface area contributed by atoms with Gasteiger partial charge >= 0.3 is 12.1 Å². The van der Waals surface area contributed by atoms with Crippen LogP contribution in [-0.2, 0) is 9.53 Å². The second-order valence-corrected chi connectivity index (χ2v) is 4.49. The zero-order chi connectivity index (χ0) is 13.4. The van der Waals surface area contributed by atoms with Crippen LogP contribution in [-0.4, -0.2) is 41.3 Å². The van der Waals surface area contributed by atoms with Crippen LogP contribution >= 0.6 is 0 Å². The van der Waals surface area contributed by atoms with Gasteiger partial charge in [0.15, 0.2) is 0 Å². The van der Waals surface area contributed by atoms with Gasteiger partial charge in [0.25, 0.3) is 0 Å². The number of rotatable bonds is 6. The van der Waals surface area contributed by atoms with Gasteiger partial charge in [-0.1, -0.05) is 12.7 Å². The fourth-order valence-corrected chi connectivity index (χ4v) is 2.24. The first-order chi connectivity index (χ1) is 8.65. The number of nitrogens with zero attached hydrogens (tertiary/aromatic N) is 1. The largest absolute Gasteiger partial charge is 0.481 e. The molecule has 5 heteroatoms. The molecular formula is C13H21NO4. The molecule has 102 valence electrons. The fourth-order valence-electron chi connectivity index (χ4n) is 2.24. The normalized spacial score (nSPS) is 19.3. The lowest BCUT2D eigenvalue weighted by molar-refractivity contribution is -0.137. The van der Waals surface area contributed by atoms with Crippen LogP contribution in [0.2, 0.25) is 0 Å². The first kappa shape index (κ1) is 14.5. The van der Waals surface area contributed by atoms with Gasteiger partial charge in [-0.15, -0.1) is 0 Å². The van der Waals surface area contributed by atoms with Crippen LogP contribution in [0.4, 0.5) is 4.79 Å². The van der Waals surface area contributed by atoms with E-state index in [-0.39, 0.29) is 25.2 Å². The van der Waals surface area contributed by atoms with E-state index in [0.717, 1.165) is 25.7 Å². The van der Waals surface area contributed by atoms with E-state index in [1.54, 1.807) is 11.0 Å². The third-order valence-electron chi connectivity index (χ3n) is 3.11. The second-order valence-electron chi connectivity index (χ2n) is 4.49. The number of amides is 1. The number of aliphatic carboxylic acids is 1. The zero-order valence-electron chi connectivity index (χ0n) is 10.6. The Balaban J connectivity index is 2.43. The summed E-state index contributed by atoms with van der Waals surface area (Å²) in [6.45, 7) is 4.43. The molecule has 1 aliphatic rings. The number of carbonyl (C=O) groups is 2. The minimum absolute atomic E-state index is 0.121. The van der Waals surface area contributed by atoms with Gasteiger partial charge in [-0.2, -0.15) is 0 Å². The zero-order valence-corrected chi connectivity index (χ0v) is 10.6. The quantitative estimate of drug-likeness (QED) is 0.740. The highest BCUT2D eigenvalue weighted by Crippen LogP contribution is 2.22. The minimum atomic E-state index is -0.786. The molecule has 1 amide bonds. The van der Waals surface area contributed by atoms with Gasteiger partial charge in [0, 0.05) is 19.0 Å². The monoisotopic (exact) mass is 255 g/mol. The van der Waals surface area contributed by atoms with Crippen LogP contribution in [0.15, 0.2) is 12.7 Å². The molecule has 0 aromatic rings. The summed E-state index contributed by atoms with van der Waals surface area (Å²) in [7, 11) is 0. The summed E-state index contributed by atoms with van der Waals surface area (Å²) in [6, 6.07) is 0.121. The maximum Gasteiger partial charge on any atom is 0.410 e. The Morgan fingerprint density at radius 2 is 2.22 bits per heavy atom. The van der Waals surface area contributed by atoms with E-state index in [1.165, 1.54) is 0 Å². The van der Waals surface area contributed by atoms with Crippen LogP contribution in [0.25, 0.3) is 0 Å². The molecule has 1 atom stereocenters. The number of carboxylic acids is 1. The van der Waals surface area contributed by atoms with Crippen molar-refractivity contribution in [3.63, 3.8) is 0 Å². The highest BCUT2D eigenvalue weighted by Gasteiger charge is 2.27. The molecule has 1 aliphatic heterocycles. The van der Waals surface area contributed by atoms with Crippen molar-refractivity contribution in [3.8, 4) is 0 Å². The molecule has 18 heavy (non-hydrogen) atoms. The van der Waals surface area contributed by atoms with Crippen molar-refractivity contribution in [3.05, 3.63) is 12.7 Å². The lowest BCUT2D eigenvalue weighted by atomic mass is 9.98. The van der Waals surface area contributed by atoms with Crippen LogP contribution in [0.1, 0.15) is 38.5 Å². The van der Waals surface area contributed by atoms with Crippen LogP contribution in [0, 0.1) is 0 Å². The molecule has 1 fully saturated rings. The molecule has 0 radical (unpaired) electrons. The molecule has 0 aromatic heterocycles. The number of carbonyl (C=O) groups excluding carboxylic acids is 1. The SMILES string of the molecule is C=CCOC(=O)N1CCCCC1CCCC(=O)O. The average molecular weight is 255 g/mol. The van der Waals surface area contributed by atoms with Crippen molar-refractivity contribution in [2.24, 2.45) is 0 Å². The number of likely N-dealkylation sites (tertiary alicyclic amines) is 1. The number of ether oxygens (including phenoxy) is 1. The van der Waals surface area contributed by atoms with Crippen molar-refractivity contribution >= 4 is 12.1 Å². The van der Waals surface area contributed by atoms with Crippen molar-refractivity contribution < 1.29 is 19.4 Å². The highest BCUT2D eigenvalue weighted by molar-refractivity contribution is 5.68. The van der Waals surface area contributed by atoms with E-state index in [4.69, 9.17) is 9.84 Å². The van der Waals surface area contributed by atoms with Crippen molar-refractivity contribution in [2.75, 3.05) is 13.2 Å². The summed E-state index contributed by atoms with van der Waals surface area (Å²) in [5.41, 5.74) is 0. The molecule has 1 saturated heterocycles. The molecule has 1 rings (SSSR count). The average Bonchev–Trinajstić information content (AvgIpc) is 2.36. The lowest BCUT2D eigenvalue weighted by Gasteiger charge is -2.34. The fraction of sp³-hybridized carbons (Fsp3) is 0.692. The first-order valence-electron chi connectivity index (χ1n) is 6.41. The molecule has 1 heterocycles. The van der Waals surface area contributed by atoms with E-state index in [9.17, 15) is 9.59 Å². The second kappa shape index (κ2) is 7.74. The molecule has 0 saturated carbocycles. The maximum absolute atomic E-state index is 11.8. The van der Waals surface area contributed by atoms with E-state index >= 15 is 0 Å². The third kappa shape index (κ3) is 4.77. The molecule has 0 aliphatic carbocycles. The maximum atomic E-state index is 11.8. The van der Waals surface area contributed by atoms with Crippen molar-refractivity contribution in [1.82, 2.24) is 4.90 Å².